The topological polar surface area (TPSA) is 65.0 Å². The van der Waals surface area contributed by atoms with E-state index < -0.39 is 5.97 Å². The van der Waals surface area contributed by atoms with Crippen LogP contribution < -0.4 is 9.47 Å². The Bertz CT molecular complexity index is 639. The summed E-state index contributed by atoms with van der Waals surface area (Å²) in [4.78, 5) is 11.8. The number of aliphatic hydroxyl groups excluding tert-OH is 1. The Balaban J connectivity index is 2.19. The number of aliphatic hydroxyl groups is 1. The number of hydrogen-bond donors (Lipinski definition) is 1. The molecule has 0 aromatic heterocycles. The first-order chi connectivity index (χ1) is 11.1. The molecule has 5 heteroatoms. The van der Waals surface area contributed by atoms with Crippen LogP contribution in [0.1, 0.15) is 22.8 Å². The Morgan fingerprint density at radius 3 is 2.48 bits per heavy atom. The molecule has 0 spiro atoms. The van der Waals surface area contributed by atoms with E-state index in [4.69, 9.17) is 19.3 Å². The standard InChI is InChI=1S/C18H20O5/c1-13(11-19)23-17-9-15(18(20)21-2)8-16(10-17)22-12-14-6-4-3-5-7-14/h3-10,13,19H,11-12H2,1-2H3. The van der Waals surface area contributed by atoms with Crippen LogP contribution in [0.3, 0.4) is 0 Å². The molecule has 0 bridgehead atoms. The van der Waals surface area contributed by atoms with Crippen LogP contribution in [0, 0.1) is 0 Å². The molecule has 1 N–H and O–H groups in total. The fourth-order valence-corrected chi connectivity index (χ4v) is 1.97. The lowest BCUT2D eigenvalue weighted by molar-refractivity contribution is 0.0599. The van der Waals surface area contributed by atoms with Crippen LogP contribution in [0.2, 0.25) is 0 Å². The van der Waals surface area contributed by atoms with Crippen LogP contribution in [0.5, 0.6) is 11.5 Å². The van der Waals surface area contributed by atoms with Gasteiger partial charge in [-0.1, -0.05) is 30.3 Å². The second kappa shape index (κ2) is 8.19. The molecule has 122 valence electrons. The molecule has 2 rings (SSSR count). The molecule has 0 amide bonds. The molecule has 0 aliphatic heterocycles. The third-order valence-corrected chi connectivity index (χ3v) is 3.14. The van der Waals surface area contributed by atoms with E-state index in [0.717, 1.165) is 5.56 Å². The molecule has 0 aliphatic carbocycles. The molecule has 0 radical (unpaired) electrons. The monoisotopic (exact) mass is 316 g/mol. The van der Waals surface area contributed by atoms with Crippen molar-refractivity contribution in [3.05, 3.63) is 59.7 Å². The van der Waals surface area contributed by atoms with Gasteiger partial charge >= 0.3 is 5.97 Å². The van der Waals surface area contributed by atoms with Gasteiger partial charge in [-0.3, -0.25) is 0 Å². The van der Waals surface area contributed by atoms with Gasteiger partial charge in [0.1, 0.15) is 24.2 Å². The highest BCUT2D eigenvalue weighted by molar-refractivity contribution is 5.90. The zero-order chi connectivity index (χ0) is 16.7. The summed E-state index contributed by atoms with van der Waals surface area (Å²) in [6, 6.07) is 14.6. The van der Waals surface area contributed by atoms with Crippen LogP contribution in [-0.4, -0.2) is 30.9 Å². The van der Waals surface area contributed by atoms with Gasteiger partial charge in [-0.25, -0.2) is 4.79 Å². The number of carbonyl (C=O) groups is 1. The van der Waals surface area contributed by atoms with Gasteiger partial charge in [0.25, 0.3) is 0 Å². The SMILES string of the molecule is COC(=O)c1cc(OCc2ccccc2)cc(OC(C)CO)c1. The highest BCUT2D eigenvalue weighted by atomic mass is 16.5. The molecule has 0 saturated carbocycles. The Labute approximate surface area is 135 Å². The summed E-state index contributed by atoms with van der Waals surface area (Å²) in [6.45, 7) is 1.98. The number of carbonyl (C=O) groups excluding carboxylic acids is 1. The van der Waals surface area contributed by atoms with Crippen molar-refractivity contribution in [3.8, 4) is 11.5 Å². The predicted molar refractivity (Wildman–Crippen MR) is 85.7 cm³/mol. The summed E-state index contributed by atoms with van der Waals surface area (Å²) in [5.74, 6) is 0.464. The highest BCUT2D eigenvalue weighted by Gasteiger charge is 2.12. The van der Waals surface area contributed by atoms with Gasteiger partial charge in [0, 0.05) is 6.07 Å². The van der Waals surface area contributed by atoms with Crippen molar-refractivity contribution in [2.75, 3.05) is 13.7 Å². The summed E-state index contributed by atoms with van der Waals surface area (Å²) in [7, 11) is 1.32. The summed E-state index contributed by atoms with van der Waals surface area (Å²) >= 11 is 0. The Morgan fingerprint density at radius 1 is 1.13 bits per heavy atom. The average Bonchev–Trinajstić information content (AvgIpc) is 2.59. The lowest BCUT2D eigenvalue weighted by Gasteiger charge is -2.15. The smallest absolute Gasteiger partial charge is 0.338 e. The minimum atomic E-state index is -0.475. The zero-order valence-electron chi connectivity index (χ0n) is 13.2. The maximum Gasteiger partial charge on any atom is 0.338 e. The van der Waals surface area contributed by atoms with Crippen LogP contribution in [0.15, 0.2) is 48.5 Å². The van der Waals surface area contributed by atoms with E-state index in [1.54, 1.807) is 25.1 Å². The summed E-state index contributed by atoms with van der Waals surface area (Å²) < 4.78 is 16.0. The fraction of sp³-hybridized carbons (Fsp3) is 0.278. The molecule has 0 saturated heterocycles. The number of methoxy groups -OCH3 is 1. The largest absolute Gasteiger partial charge is 0.489 e. The van der Waals surface area contributed by atoms with Crippen molar-refractivity contribution in [2.45, 2.75) is 19.6 Å². The zero-order valence-corrected chi connectivity index (χ0v) is 13.2. The second-order valence-electron chi connectivity index (χ2n) is 5.07. The molecule has 1 unspecified atom stereocenters. The summed E-state index contributed by atoms with van der Waals surface area (Å²) in [5.41, 5.74) is 1.35. The van der Waals surface area contributed by atoms with Crippen LogP contribution in [0.25, 0.3) is 0 Å². The number of esters is 1. The van der Waals surface area contributed by atoms with Crippen molar-refractivity contribution in [1.29, 1.82) is 0 Å². The van der Waals surface area contributed by atoms with Crippen LogP contribution >= 0.6 is 0 Å². The maximum atomic E-state index is 11.8. The fourth-order valence-electron chi connectivity index (χ4n) is 1.97. The second-order valence-corrected chi connectivity index (χ2v) is 5.07. The molecule has 23 heavy (non-hydrogen) atoms. The normalized spacial score (nSPS) is 11.6. The quantitative estimate of drug-likeness (QED) is 0.796. The number of ether oxygens (including phenoxy) is 3. The molecule has 0 fully saturated rings. The Kier molecular flexibility index (Phi) is 6.00. The average molecular weight is 316 g/mol. The molecule has 0 aliphatic rings. The van der Waals surface area contributed by atoms with Gasteiger partial charge in [0.05, 0.1) is 19.3 Å². The van der Waals surface area contributed by atoms with Gasteiger partial charge in [0.2, 0.25) is 0 Å². The molecular formula is C18H20O5. The van der Waals surface area contributed by atoms with Gasteiger partial charge in [-0.05, 0) is 24.6 Å². The van der Waals surface area contributed by atoms with E-state index in [9.17, 15) is 4.79 Å². The van der Waals surface area contributed by atoms with E-state index in [2.05, 4.69) is 0 Å². The molecule has 2 aromatic carbocycles. The number of rotatable bonds is 7. The first-order valence-corrected chi connectivity index (χ1v) is 7.30. The summed E-state index contributed by atoms with van der Waals surface area (Å²) in [5, 5.41) is 9.09. The Hall–Kier alpha value is -2.53. The third kappa shape index (κ3) is 5.00. The van der Waals surface area contributed by atoms with Crippen LogP contribution in [-0.2, 0) is 11.3 Å². The van der Waals surface area contributed by atoms with Crippen molar-refractivity contribution in [2.24, 2.45) is 0 Å². The van der Waals surface area contributed by atoms with Gasteiger partial charge in [-0.15, -0.1) is 0 Å². The van der Waals surface area contributed by atoms with Crippen molar-refractivity contribution in [3.63, 3.8) is 0 Å². The summed E-state index contributed by atoms with van der Waals surface area (Å²) in [6.07, 6.45) is -0.384. The third-order valence-electron chi connectivity index (χ3n) is 3.14. The van der Waals surface area contributed by atoms with Crippen molar-refractivity contribution >= 4 is 5.97 Å². The molecule has 0 heterocycles. The van der Waals surface area contributed by atoms with E-state index in [-0.39, 0.29) is 12.7 Å². The highest BCUT2D eigenvalue weighted by Crippen LogP contribution is 2.25. The molecule has 1 atom stereocenters. The predicted octanol–water partition coefficient (Wildman–Crippen LogP) is 2.81. The van der Waals surface area contributed by atoms with Gasteiger partial charge in [-0.2, -0.15) is 0 Å². The van der Waals surface area contributed by atoms with E-state index in [0.29, 0.717) is 23.7 Å². The number of benzene rings is 2. The minimum absolute atomic E-state index is 0.122. The first-order valence-electron chi connectivity index (χ1n) is 7.30. The van der Waals surface area contributed by atoms with Gasteiger partial charge in [0.15, 0.2) is 0 Å². The Morgan fingerprint density at radius 2 is 1.83 bits per heavy atom. The van der Waals surface area contributed by atoms with E-state index >= 15 is 0 Å². The first kappa shape index (κ1) is 16.8. The van der Waals surface area contributed by atoms with Crippen molar-refractivity contribution < 1.29 is 24.1 Å². The van der Waals surface area contributed by atoms with Crippen molar-refractivity contribution in [1.82, 2.24) is 0 Å². The maximum absolute atomic E-state index is 11.8. The van der Waals surface area contributed by atoms with E-state index in [1.807, 2.05) is 30.3 Å². The van der Waals surface area contributed by atoms with Gasteiger partial charge < -0.3 is 19.3 Å². The molecular weight excluding hydrogens is 296 g/mol. The number of hydrogen-bond acceptors (Lipinski definition) is 5. The molecule has 2 aromatic rings. The molecule has 5 nitrogen and oxygen atoms in total. The van der Waals surface area contributed by atoms with Crippen LogP contribution in [0.4, 0.5) is 0 Å². The lowest BCUT2D eigenvalue weighted by atomic mass is 10.2. The lowest BCUT2D eigenvalue weighted by Crippen LogP contribution is -2.16. The minimum Gasteiger partial charge on any atom is -0.489 e. The van der Waals surface area contributed by atoms with E-state index in [1.165, 1.54) is 7.11 Å².